The highest BCUT2D eigenvalue weighted by molar-refractivity contribution is 7.22. The van der Waals surface area contributed by atoms with Crippen molar-refractivity contribution in [2.24, 2.45) is 0 Å². The number of thiophene rings is 2. The Bertz CT molecular complexity index is 1310. The Hall–Kier alpha value is -2.67. The van der Waals surface area contributed by atoms with E-state index in [9.17, 15) is 9.59 Å². The van der Waals surface area contributed by atoms with Crippen molar-refractivity contribution in [3.63, 3.8) is 0 Å². The summed E-state index contributed by atoms with van der Waals surface area (Å²) < 4.78 is 0.967. The van der Waals surface area contributed by atoms with Gasteiger partial charge in [0.1, 0.15) is 9.88 Å². The van der Waals surface area contributed by atoms with Gasteiger partial charge in [-0.05, 0) is 42.9 Å². The molecule has 4 nitrogen and oxygen atoms in total. The van der Waals surface area contributed by atoms with Crippen LogP contribution in [0.5, 0.6) is 0 Å². The molecule has 0 radical (unpaired) electrons. The molecule has 5 rings (SSSR count). The maximum absolute atomic E-state index is 13.2. The molecule has 4 aromatic rings. The molecule has 1 aliphatic rings. The Labute approximate surface area is 199 Å². The van der Waals surface area contributed by atoms with Gasteiger partial charge in [-0.3, -0.25) is 9.59 Å². The Morgan fingerprint density at radius 1 is 0.906 bits per heavy atom. The van der Waals surface area contributed by atoms with Gasteiger partial charge >= 0.3 is 0 Å². The second-order valence-corrected chi connectivity index (χ2v) is 10.3. The molecule has 2 heterocycles. The van der Waals surface area contributed by atoms with E-state index in [1.807, 2.05) is 54.6 Å². The summed E-state index contributed by atoms with van der Waals surface area (Å²) in [5, 5.41) is 7.98. The summed E-state index contributed by atoms with van der Waals surface area (Å²) in [6.07, 6.45) is 3.96. The molecule has 0 fully saturated rings. The highest BCUT2D eigenvalue weighted by atomic mass is 35.5. The van der Waals surface area contributed by atoms with Crippen LogP contribution in [-0.2, 0) is 19.4 Å². The first-order valence-corrected chi connectivity index (χ1v) is 12.6. The molecule has 1 aliphatic carbocycles. The van der Waals surface area contributed by atoms with E-state index >= 15 is 0 Å². The molecule has 0 spiro atoms. The quantitative estimate of drug-likeness (QED) is 0.335. The average Bonchev–Trinajstić information content (AvgIpc) is 3.36. The number of hydrogen-bond acceptors (Lipinski definition) is 4. The van der Waals surface area contributed by atoms with Crippen LogP contribution in [0.2, 0.25) is 5.02 Å². The van der Waals surface area contributed by atoms with Gasteiger partial charge in [-0.15, -0.1) is 22.7 Å². The largest absolute Gasteiger partial charge is 0.348 e. The molecular weight excluding hydrogens is 460 g/mol. The summed E-state index contributed by atoms with van der Waals surface area (Å²) in [5.74, 6) is -0.419. The number of fused-ring (bicyclic) bond motifs is 2. The lowest BCUT2D eigenvalue weighted by atomic mass is 9.95. The fourth-order valence-corrected chi connectivity index (χ4v) is 6.77. The van der Waals surface area contributed by atoms with Gasteiger partial charge in [-0.25, -0.2) is 0 Å². The van der Waals surface area contributed by atoms with Crippen molar-refractivity contribution in [2.45, 2.75) is 32.2 Å². The van der Waals surface area contributed by atoms with Crippen molar-refractivity contribution in [2.75, 3.05) is 5.32 Å². The minimum atomic E-state index is -0.271. The van der Waals surface area contributed by atoms with Crippen LogP contribution in [0.4, 0.5) is 5.00 Å². The van der Waals surface area contributed by atoms with Crippen LogP contribution in [0.25, 0.3) is 10.1 Å². The van der Waals surface area contributed by atoms with Gasteiger partial charge in [0, 0.05) is 21.5 Å². The van der Waals surface area contributed by atoms with Gasteiger partial charge in [-0.2, -0.15) is 0 Å². The van der Waals surface area contributed by atoms with Crippen LogP contribution < -0.4 is 10.6 Å². The number of nitrogens with one attached hydrogen (secondary N) is 2. The zero-order chi connectivity index (χ0) is 22.1. The maximum atomic E-state index is 13.2. The lowest BCUT2D eigenvalue weighted by Crippen LogP contribution is -2.25. The standard InChI is InChI=1S/C25H21ClN2O2S2/c26-21-17-11-5-7-13-19(17)31-22(21)24(30)28-25-20(16-10-4-6-12-18(16)32-25)23(29)27-14-15-8-2-1-3-9-15/h1-3,5,7-9,11,13H,4,6,10,12,14H2,(H,27,29)(H,28,30). The molecular formula is C25H21ClN2O2S2. The number of carbonyl (C=O) groups excluding carboxylic acids is 2. The minimum Gasteiger partial charge on any atom is -0.348 e. The van der Waals surface area contributed by atoms with E-state index in [0.717, 1.165) is 46.9 Å². The second kappa shape index (κ2) is 9.06. The van der Waals surface area contributed by atoms with Crippen molar-refractivity contribution in [3.8, 4) is 0 Å². The van der Waals surface area contributed by atoms with E-state index in [0.29, 0.717) is 27.0 Å². The number of aryl methyl sites for hydroxylation is 1. The van der Waals surface area contributed by atoms with Crippen LogP contribution in [0.3, 0.4) is 0 Å². The second-order valence-electron chi connectivity index (χ2n) is 7.78. The number of amides is 2. The summed E-state index contributed by atoms with van der Waals surface area (Å²) in [5.41, 5.74) is 2.71. The molecule has 0 atom stereocenters. The number of halogens is 1. The van der Waals surface area contributed by atoms with Crippen molar-refractivity contribution in [1.29, 1.82) is 0 Å². The van der Waals surface area contributed by atoms with Gasteiger partial charge in [0.25, 0.3) is 11.8 Å². The van der Waals surface area contributed by atoms with Gasteiger partial charge in [0.15, 0.2) is 0 Å². The lowest BCUT2D eigenvalue weighted by molar-refractivity contribution is 0.0951. The Morgan fingerprint density at radius 2 is 1.66 bits per heavy atom. The van der Waals surface area contributed by atoms with Crippen molar-refractivity contribution in [1.82, 2.24) is 5.32 Å². The molecule has 2 N–H and O–H groups in total. The highest BCUT2D eigenvalue weighted by Gasteiger charge is 2.27. The van der Waals surface area contributed by atoms with Crippen LogP contribution in [-0.4, -0.2) is 11.8 Å². The summed E-state index contributed by atoms with van der Waals surface area (Å²) in [6, 6.07) is 17.5. The van der Waals surface area contributed by atoms with Gasteiger partial charge in [0.2, 0.25) is 0 Å². The Balaban J connectivity index is 1.44. The summed E-state index contributed by atoms with van der Waals surface area (Å²) in [7, 11) is 0. The fourth-order valence-electron chi connectivity index (χ4n) is 4.08. The van der Waals surface area contributed by atoms with Crippen LogP contribution >= 0.6 is 34.3 Å². The lowest BCUT2D eigenvalue weighted by Gasteiger charge is -2.13. The number of hydrogen-bond donors (Lipinski definition) is 2. The molecule has 0 bridgehead atoms. The monoisotopic (exact) mass is 480 g/mol. The van der Waals surface area contributed by atoms with E-state index < -0.39 is 0 Å². The SMILES string of the molecule is O=C(Nc1sc2c(c1C(=O)NCc1ccccc1)CCCC2)c1sc2ccccc2c1Cl. The van der Waals surface area contributed by atoms with Crippen molar-refractivity contribution < 1.29 is 9.59 Å². The third kappa shape index (κ3) is 4.06. The molecule has 0 saturated carbocycles. The first-order valence-electron chi connectivity index (χ1n) is 10.6. The molecule has 7 heteroatoms. The van der Waals surface area contributed by atoms with Gasteiger partial charge in [0.05, 0.1) is 10.6 Å². The van der Waals surface area contributed by atoms with E-state index in [1.165, 1.54) is 27.6 Å². The first-order chi connectivity index (χ1) is 15.6. The zero-order valence-corrected chi connectivity index (χ0v) is 19.6. The number of rotatable bonds is 5. The van der Waals surface area contributed by atoms with Crippen LogP contribution in [0, 0.1) is 0 Å². The molecule has 2 aromatic heterocycles. The summed E-state index contributed by atoms with van der Waals surface area (Å²) in [6.45, 7) is 0.444. The molecule has 162 valence electrons. The average molecular weight is 481 g/mol. The molecule has 0 unspecified atom stereocenters. The number of anilines is 1. The van der Waals surface area contributed by atoms with Gasteiger partial charge in [-0.1, -0.05) is 60.1 Å². The minimum absolute atomic E-state index is 0.147. The van der Waals surface area contributed by atoms with E-state index in [1.54, 1.807) is 0 Å². The highest BCUT2D eigenvalue weighted by Crippen LogP contribution is 2.40. The van der Waals surface area contributed by atoms with Gasteiger partial charge < -0.3 is 10.6 Å². The molecule has 2 amide bonds. The Kier molecular flexibility index (Phi) is 6.00. The topological polar surface area (TPSA) is 58.2 Å². The number of benzene rings is 2. The van der Waals surface area contributed by atoms with E-state index in [2.05, 4.69) is 10.6 Å². The summed E-state index contributed by atoms with van der Waals surface area (Å²) >= 11 is 9.40. The van der Waals surface area contributed by atoms with E-state index in [-0.39, 0.29) is 11.8 Å². The Morgan fingerprint density at radius 3 is 2.47 bits per heavy atom. The van der Waals surface area contributed by atoms with Crippen molar-refractivity contribution in [3.05, 3.63) is 86.1 Å². The third-order valence-electron chi connectivity index (χ3n) is 5.66. The normalized spacial score (nSPS) is 13.0. The smallest absolute Gasteiger partial charge is 0.267 e. The predicted molar refractivity (Wildman–Crippen MR) is 133 cm³/mol. The zero-order valence-electron chi connectivity index (χ0n) is 17.2. The third-order valence-corrected chi connectivity index (χ3v) is 8.54. The molecule has 0 saturated heterocycles. The molecule has 0 aliphatic heterocycles. The van der Waals surface area contributed by atoms with Crippen LogP contribution in [0.15, 0.2) is 54.6 Å². The number of carbonyl (C=O) groups is 2. The van der Waals surface area contributed by atoms with Crippen molar-refractivity contribution >= 4 is 61.2 Å². The predicted octanol–water partition coefficient (Wildman–Crippen LogP) is 6.68. The fraction of sp³-hybridized carbons (Fsp3) is 0.200. The van der Waals surface area contributed by atoms with E-state index in [4.69, 9.17) is 11.6 Å². The first kappa shape index (κ1) is 21.2. The molecule has 32 heavy (non-hydrogen) atoms. The molecule has 2 aromatic carbocycles. The summed E-state index contributed by atoms with van der Waals surface area (Å²) in [4.78, 5) is 28.0. The van der Waals surface area contributed by atoms with Crippen LogP contribution in [0.1, 0.15) is 48.9 Å². The maximum Gasteiger partial charge on any atom is 0.267 e.